The van der Waals surface area contributed by atoms with Crippen molar-refractivity contribution in [1.82, 2.24) is 4.98 Å². The number of benzene rings is 4. The Morgan fingerprint density at radius 3 is 2.34 bits per heavy atom. The van der Waals surface area contributed by atoms with Crippen molar-refractivity contribution in [3.63, 3.8) is 0 Å². The second kappa shape index (κ2) is 10.5. The molecule has 1 heterocycles. The molecule has 12 heteroatoms. The number of H-pyrrole nitrogens is 1. The molecule has 0 spiro atoms. The molecule has 0 bridgehead atoms. The summed E-state index contributed by atoms with van der Waals surface area (Å²) >= 11 is 0. The molecule has 0 saturated heterocycles. The minimum absolute atomic E-state index is 0.191. The van der Waals surface area contributed by atoms with Gasteiger partial charge in [-0.05, 0) is 72.1 Å². The van der Waals surface area contributed by atoms with Gasteiger partial charge in [0.2, 0.25) is 10.0 Å². The summed E-state index contributed by atoms with van der Waals surface area (Å²) in [4.78, 5) is 28.4. The topological polar surface area (TPSA) is 142 Å². The molecule has 0 aliphatic rings. The van der Waals surface area contributed by atoms with E-state index >= 15 is 0 Å². The molecule has 1 unspecified atom stereocenters. The lowest BCUT2D eigenvalue weighted by Crippen LogP contribution is -2.31. The summed E-state index contributed by atoms with van der Waals surface area (Å²) < 4.78 is 51.1. The van der Waals surface area contributed by atoms with Crippen molar-refractivity contribution in [3.8, 4) is 11.1 Å². The third-order valence-corrected chi connectivity index (χ3v) is 9.66. The molecule has 4 N–H and O–H groups in total. The van der Waals surface area contributed by atoms with Crippen LogP contribution in [-0.2, 0) is 21.0 Å². The molecule has 1 aromatic heterocycles. The number of nitrogens with two attached hydrogens (primary N) is 1. The standard InChI is InChI=1S/C29H25FN4O5S2/c1-16-20(5-4-6-24(16)33-29(36)17-7-9-18(30)10-8-17)21-13-14-23(28(31)35)27-26(21)22-12-11-19(15-25(22)32-27)34(40(2)37)41(3,38)39/h4-15,32H,1-3H3,(H2,31,35)(H,33,36). The normalized spacial score (nSPS) is 12.4. The van der Waals surface area contributed by atoms with Gasteiger partial charge >= 0.3 is 0 Å². The van der Waals surface area contributed by atoms with E-state index in [0.717, 1.165) is 26.7 Å². The number of aromatic amines is 1. The van der Waals surface area contributed by atoms with Gasteiger partial charge in [0, 0.05) is 33.8 Å². The molecular weight excluding hydrogens is 567 g/mol. The average molecular weight is 593 g/mol. The van der Waals surface area contributed by atoms with Crippen LogP contribution in [0.5, 0.6) is 0 Å². The number of sulfonamides is 1. The maximum absolute atomic E-state index is 13.3. The van der Waals surface area contributed by atoms with E-state index in [0.29, 0.717) is 33.1 Å². The monoisotopic (exact) mass is 592 g/mol. The first-order valence-electron chi connectivity index (χ1n) is 12.3. The summed E-state index contributed by atoms with van der Waals surface area (Å²) in [6, 6.07) is 18.8. The number of hydrogen-bond acceptors (Lipinski definition) is 5. The molecule has 4 aromatic carbocycles. The third-order valence-electron chi connectivity index (χ3n) is 6.73. The second-order valence-electron chi connectivity index (χ2n) is 9.48. The molecule has 210 valence electrons. The Bertz CT molecular complexity index is 2000. The maximum Gasteiger partial charge on any atom is 0.255 e. The fourth-order valence-electron chi connectivity index (χ4n) is 4.93. The molecule has 0 fully saturated rings. The van der Waals surface area contributed by atoms with Crippen LogP contribution in [0.3, 0.4) is 0 Å². The van der Waals surface area contributed by atoms with Crippen molar-refractivity contribution in [1.29, 1.82) is 0 Å². The van der Waals surface area contributed by atoms with E-state index < -0.39 is 38.6 Å². The zero-order valence-electron chi connectivity index (χ0n) is 22.2. The van der Waals surface area contributed by atoms with Gasteiger partial charge in [-0.1, -0.05) is 24.3 Å². The number of hydrogen-bond donors (Lipinski definition) is 3. The first kappa shape index (κ1) is 28.0. The Balaban J connectivity index is 1.68. The van der Waals surface area contributed by atoms with Crippen LogP contribution in [0.25, 0.3) is 32.9 Å². The number of nitrogens with zero attached hydrogens (tertiary/aromatic N) is 1. The van der Waals surface area contributed by atoms with Crippen LogP contribution in [0.1, 0.15) is 26.3 Å². The molecular formula is C29H25FN4O5S2. The molecule has 5 rings (SSSR count). The fourth-order valence-corrected chi connectivity index (χ4v) is 7.37. The molecule has 5 aromatic rings. The van der Waals surface area contributed by atoms with Crippen LogP contribution in [0.4, 0.5) is 15.8 Å². The van der Waals surface area contributed by atoms with Crippen LogP contribution < -0.4 is 14.8 Å². The zero-order chi connectivity index (χ0) is 29.6. The SMILES string of the molecule is Cc1c(NC(=O)c2ccc(F)cc2)cccc1-c1ccc(C(N)=O)c2[nH]c3cc(N(S(C)=O)S(C)(=O)=O)ccc3c12. The first-order valence-corrected chi connectivity index (χ1v) is 15.6. The van der Waals surface area contributed by atoms with E-state index in [9.17, 15) is 26.6 Å². The maximum atomic E-state index is 13.3. The molecule has 41 heavy (non-hydrogen) atoms. The molecule has 1 atom stereocenters. The van der Waals surface area contributed by atoms with Crippen LogP contribution in [0.2, 0.25) is 0 Å². The van der Waals surface area contributed by atoms with E-state index in [1.807, 2.05) is 13.0 Å². The summed E-state index contributed by atoms with van der Waals surface area (Å²) in [6.45, 7) is 1.84. The summed E-state index contributed by atoms with van der Waals surface area (Å²) in [5, 5.41) is 4.22. The second-order valence-corrected chi connectivity index (χ2v) is 12.8. The number of anilines is 2. The molecule has 0 saturated carbocycles. The first-order chi connectivity index (χ1) is 19.4. The van der Waals surface area contributed by atoms with E-state index in [1.54, 1.807) is 42.5 Å². The van der Waals surface area contributed by atoms with Gasteiger partial charge < -0.3 is 16.0 Å². The molecule has 0 radical (unpaired) electrons. The number of amides is 2. The smallest absolute Gasteiger partial charge is 0.255 e. The van der Waals surface area contributed by atoms with Crippen molar-refractivity contribution in [2.24, 2.45) is 5.73 Å². The molecule has 0 aliphatic carbocycles. The highest BCUT2D eigenvalue weighted by Gasteiger charge is 2.24. The van der Waals surface area contributed by atoms with E-state index in [4.69, 9.17) is 5.73 Å². The Morgan fingerprint density at radius 1 is 1.00 bits per heavy atom. The number of primary amides is 1. The van der Waals surface area contributed by atoms with Gasteiger partial charge in [0.25, 0.3) is 11.8 Å². The van der Waals surface area contributed by atoms with E-state index in [1.165, 1.54) is 30.5 Å². The Morgan fingerprint density at radius 2 is 1.71 bits per heavy atom. The minimum Gasteiger partial charge on any atom is -0.366 e. The lowest BCUT2D eigenvalue weighted by atomic mass is 9.93. The number of nitrogens with one attached hydrogen (secondary N) is 2. The summed E-state index contributed by atoms with van der Waals surface area (Å²) in [6.07, 6.45) is 2.24. The fraction of sp³-hybridized carbons (Fsp3) is 0.103. The number of aromatic nitrogens is 1. The van der Waals surface area contributed by atoms with E-state index in [-0.39, 0.29) is 11.3 Å². The van der Waals surface area contributed by atoms with Crippen LogP contribution >= 0.6 is 0 Å². The van der Waals surface area contributed by atoms with Crippen LogP contribution in [-0.4, -0.2) is 41.9 Å². The average Bonchev–Trinajstić information content (AvgIpc) is 3.27. The van der Waals surface area contributed by atoms with Crippen molar-refractivity contribution < 1.29 is 26.6 Å². The van der Waals surface area contributed by atoms with Gasteiger partial charge in [-0.25, -0.2) is 17.0 Å². The number of carbonyl (C=O) groups is 2. The van der Waals surface area contributed by atoms with Crippen molar-refractivity contribution in [3.05, 3.63) is 95.3 Å². The molecule has 0 aliphatic heterocycles. The summed E-state index contributed by atoms with van der Waals surface area (Å²) in [7, 11) is -5.69. The predicted molar refractivity (Wildman–Crippen MR) is 160 cm³/mol. The number of carbonyl (C=O) groups excluding carboxylic acids is 2. The van der Waals surface area contributed by atoms with Gasteiger partial charge in [-0.2, -0.15) is 3.71 Å². The highest BCUT2D eigenvalue weighted by Crippen LogP contribution is 2.40. The molecule has 2 amide bonds. The van der Waals surface area contributed by atoms with Crippen LogP contribution in [0.15, 0.2) is 72.8 Å². The quantitative estimate of drug-likeness (QED) is 0.248. The number of fused-ring (bicyclic) bond motifs is 3. The summed E-state index contributed by atoms with van der Waals surface area (Å²) in [5.74, 6) is -1.50. The van der Waals surface area contributed by atoms with Gasteiger partial charge in [-0.15, -0.1) is 0 Å². The number of rotatable bonds is 7. The van der Waals surface area contributed by atoms with Gasteiger partial charge in [0.05, 0.1) is 23.0 Å². The zero-order valence-corrected chi connectivity index (χ0v) is 23.8. The Hall–Kier alpha value is -4.55. The van der Waals surface area contributed by atoms with Gasteiger partial charge in [-0.3, -0.25) is 9.59 Å². The lowest BCUT2D eigenvalue weighted by Gasteiger charge is -2.18. The predicted octanol–water partition coefficient (Wildman–Crippen LogP) is 4.85. The lowest BCUT2D eigenvalue weighted by molar-refractivity contribution is 0.0998. The minimum atomic E-state index is -3.84. The number of halogens is 1. The molecule has 9 nitrogen and oxygen atoms in total. The van der Waals surface area contributed by atoms with Crippen molar-refractivity contribution >= 4 is 66.0 Å². The Labute approximate surface area is 237 Å². The highest BCUT2D eigenvalue weighted by atomic mass is 32.3. The Kier molecular flexibility index (Phi) is 7.14. The van der Waals surface area contributed by atoms with Gasteiger partial charge in [0.1, 0.15) is 16.8 Å². The van der Waals surface area contributed by atoms with Crippen molar-refractivity contribution in [2.75, 3.05) is 21.5 Å². The van der Waals surface area contributed by atoms with E-state index in [2.05, 4.69) is 10.3 Å². The highest BCUT2D eigenvalue weighted by molar-refractivity contribution is 8.06. The van der Waals surface area contributed by atoms with Crippen LogP contribution in [0, 0.1) is 12.7 Å². The van der Waals surface area contributed by atoms with Crippen molar-refractivity contribution in [2.45, 2.75) is 6.92 Å². The third kappa shape index (κ3) is 5.19. The van der Waals surface area contributed by atoms with Gasteiger partial charge in [0.15, 0.2) is 0 Å². The summed E-state index contributed by atoms with van der Waals surface area (Å²) in [5.41, 5.74) is 10.1. The largest absolute Gasteiger partial charge is 0.366 e.